The molecule has 0 bridgehead atoms. The van der Waals surface area contributed by atoms with Crippen molar-refractivity contribution in [2.45, 2.75) is 38.4 Å². The van der Waals surface area contributed by atoms with Gasteiger partial charge in [-0.2, -0.15) is 0 Å². The van der Waals surface area contributed by atoms with Gasteiger partial charge in [-0.1, -0.05) is 20.3 Å². The second kappa shape index (κ2) is 3.13. The molecule has 1 aliphatic carbocycles. The quantitative estimate of drug-likeness (QED) is 0.699. The Bertz CT molecular complexity index is 216. The van der Waals surface area contributed by atoms with Gasteiger partial charge in [0.15, 0.2) is 0 Å². The summed E-state index contributed by atoms with van der Waals surface area (Å²) in [6.45, 7) is 4.17. The molecule has 0 saturated heterocycles. The van der Waals surface area contributed by atoms with Gasteiger partial charge in [0.05, 0.1) is 0 Å². The topological polar surface area (TPSA) is 40.9 Å². The van der Waals surface area contributed by atoms with Crippen LogP contribution in [0, 0.1) is 10.7 Å². The van der Waals surface area contributed by atoms with Gasteiger partial charge in [0.1, 0.15) is 0 Å². The fraction of sp³-hybridized carbons (Fsp3) is 1.00. The van der Waals surface area contributed by atoms with Crippen LogP contribution in [0.2, 0.25) is 0 Å². The van der Waals surface area contributed by atoms with Crippen molar-refractivity contribution >= 4 is 9.73 Å². The van der Waals surface area contributed by atoms with Gasteiger partial charge in [0, 0.05) is 20.7 Å². The monoisotopic (exact) mass is 175 g/mol. The maximum atomic E-state index is 11.6. The van der Waals surface area contributed by atoms with Crippen molar-refractivity contribution in [1.82, 2.24) is 0 Å². The van der Waals surface area contributed by atoms with Gasteiger partial charge in [0.2, 0.25) is 0 Å². The average molecular weight is 175 g/mol. The Balaban J connectivity index is 2.46. The van der Waals surface area contributed by atoms with Gasteiger partial charge in [-0.3, -0.25) is 4.78 Å². The van der Waals surface area contributed by atoms with E-state index in [4.69, 9.17) is 4.78 Å². The van der Waals surface area contributed by atoms with E-state index in [-0.39, 0.29) is 5.25 Å². The van der Waals surface area contributed by atoms with Gasteiger partial charge in [0.25, 0.3) is 0 Å². The van der Waals surface area contributed by atoms with Gasteiger partial charge in [-0.15, -0.1) is 0 Å². The van der Waals surface area contributed by atoms with Crippen LogP contribution in [0.5, 0.6) is 0 Å². The molecule has 2 nitrogen and oxygen atoms in total. The lowest BCUT2D eigenvalue weighted by Gasteiger charge is -2.10. The highest BCUT2D eigenvalue weighted by atomic mass is 32.2. The normalized spacial score (nSPS) is 26.0. The van der Waals surface area contributed by atoms with Gasteiger partial charge in [-0.05, 0) is 18.8 Å². The summed E-state index contributed by atoms with van der Waals surface area (Å²) in [7, 11) is -2.20. The molecule has 3 heteroatoms. The molecule has 1 fully saturated rings. The van der Waals surface area contributed by atoms with E-state index in [1.165, 1.54) is 0 Å². The minimum Gasteiger partial charge on any atom is -0.253 e. The first kappa shape index (κ1) is 9.04. The van der Waals surface area contributed by atoms with E-state index >= 15 is 0 Å². The molecule has 2 atom stereocenters. The molecule has 1 rings (SSSR count). The second-order valence-electron chi connectivity index (χ2n) is 3.61. The fourth-order valence-electron chi connectivity index (χ4n) is 1.13. The highest BCUT2D eigenvalue weighted by Gasteiger charge is 2.32. The average Bonchev–Trinajstić information content (AvgIpc) is 2.66. The molecular formula is C8H17NOS. The van der Waals surface area contributed by atoms with Crippen LogP contribution < -0.4 is 0 Å². The lowest BCUT2D eigenvalue weighted by molar-refractivity contribution is 0.609. The van der Waals surface area contributed by atoms with Crippen LogP contribution in [-0.4, -0.2) is 15.2 Å². The SMILES string of the molecule is CC[C@@H](C)C[S@@](=N)(=O)C1CC1. The van der Waals surface area contributed by atoms with E-state index in [9.17, 15) is 4.21 Å². The van der Waals surface area contributed by atoms with Crippen LogP contribution in [0.1, 0.15) is 33.1 Å². The Morgan fingerprint density at radius 3 is 2.55 bits per heavy atom. The molecule has 0 aromatic carbocycles. The summed E-state index contributed by atoms with van der Waals surface area (Å²) in [5, 5.41) is 0.247. The predicted octanol–water partition coefficient (Wildman–Crippen LogP) is 2.24. The van der Waals surface area contributed by atoms with Crippen LogP contribution in [0.4, 0.5) is 0 Å². The smallest absolute Gasteiger partial charge is 0.0473 e. The summed E-state index contributed by atoms with van der Waals surface area (Å²) in [5.74, 6) is 1.08. The first-order valence-electron chi connectivity index (χ1n) is 4.31. The summed E-state index contributed by atoms with van der Waals surface area (Å²) >= 11 is 0. The molecule has 0 aliphatic heterocycles. The zero-order valence-electron chi connectivity index (χ0n) is 7.30. The second-order valence-corrected chi connectivity index (χ2v) is 6.06. The van der Waals surface area contributed by atoms with Crippen molar-refractivity contribution < 1.29 is 4.21 Å². The van der Waals surface area contributed by atoms with Crippen LogP contribution in [0.3, 0.4) is 0 Å². The lowest BCUT2D eigenvalue weighted by atomic mass is 10.2. The van der Waals surface area contributed by atoms with Gasteiger partial charge >= 0.3 is 0 Å². The Labute approximate surface area is 69.4 Å². The van der Waals surface area contributed by atoms with Crippen molar-refractivity contribution in [3.63, 3.8) is 0 Å². The molecule has 0 spiro atoms. The largest absolute Gasteiger partial charge is 0.253 e. The summed E-state index contributed by atoms with van der Waals surface area (Å²) < 4.78 is 19.2. The first-order valence-corrected chi connectivity index (χ1v) is 6.10. The Hall–Kier alpha value is -0.0500. The maximum Gasteiger partial charge on any atom is 0.0473 e. The molecule has 0 amide bonds. The molecule has 0 heterocycles. The molecule has 1 saturated carbocycles. The summed E-state index contributed by atoms with van der Waals surface area (Å²) in [6.07, 6.45) is 3.10. The third kappa shape index (κ3) is 2.47. The maximum absolute atomic E-state index is 11.6. The molecule has 66 valence electrons. The molecule has 11 heavy (non-hydrogen) atoms. The molecule has 0 unspecified atom stereocenters. The third-order valence-electron chi connectivity index (χ3n) is 2.29. The highest BCUT2D eigenvalue weighted by Crippen LogP contribution is 2.30. The van der Waals surface area contributed by atoms with Crippen molar-refractivity contribution in [2.75, 3.05) is 5.75 Å². The number of rotatable bonds is 4. The highest BCUT2D eigenvalue weighted by molar-refractivity contribution is 7.93. The minimum atomic E-state index is -2.20. The molecular weight excluding hydrogens is 158 g/mol. The van der Waals surface area contributed by atoms with Crippen LogP contribution in [-0.2, 0) is 9.73 Å². The van der Waals surface area contributed by atoms with Crippen molar-refractivity contribution in [3.8, 4) is 0 Å². The Morgan fingerprint density at radius 2 is 2.18 bits per heavy atom. The van der Waals surface area contributed by atoms with Crippen molar-refractivity contribution in [3.05, 3.63) is 0 Å². The third-order valence-corrected chi connectivity index (χ3v) is 4.90. The van der Waals surface area contributed by atoms with Crippen molar-refractivity contribution in [2.24, 2.45) is 5.92 Å². The van der Waals surface area contributed by atoms with E-state index in [1.54, 1.807) is 0 Å². The predicted molar refractivity (Wildman–Crippen MR) is 48.2 cm³/mol. The summed E-state index contributed by atoms with van der Waals surface area (Å²) in [4.78, 5) is 0. The van der Waals surface area contributed by atoms with Gasteiger partial charge in [-0.25, -0.2) is 4.21 Å². The van der Waals surface area contributed by atoms with Crippen LogP contribution in [0.25, 0.3) is 0 Å². The Morgan fingerprint density at radius 1 is 1.64 bits per heavy atom. The molecule has 0 aromatic rings. The van der Waals surface area contributed by atoms with Gasteiger partial charge < -0.3 is 0 Å². The lowest BCUT2D eigenvalue weighted by Crippen LogP contribution is -2.15. The minimum absolute atomic E-state index is 0.247. The van der Waals surface area contributed by atoms with Crippen molar-refractivity contribution in [1.29, 1.82) is 4.78 Å². The zero-order valence-corrected chi connectivity index (χ0v) is 8.12. The molecule has 0 aromatic heterocycles. The molecule has 1 aliphatic rings. The summed E-state index contributed by atoms with van der Waals surface area (Å²) in [5.41, 5.74) is 0. The number of hydrogen-bond acceptors (Lipinski definition) is 2. The first-order chi connectivity index (χ1) is 5.06. The van der Waals surface area contributed by atoms with E-state index in [0.717, 1.165) is 19.3 Å². The van der Waals surface area contributed by atoms with E-state index in [0.29, 0.717) is 11.7 Å². The molecule has 0 radical (unpaired) electrons. The van der Waals surface area contributed by atoms with E-state index < -0.39 is 9.73 Å². The standard InChI is InChI=1S/C8H17NOS/c1-3-7(2)6-11(9,10)8-4-5-8/h7-9H,3-6H2,1-2H3/t7-,11-/m1/s1. The zero-order chi connectivity index (χ0) is 8.48. The van der Waals surface area contributed by atoms with E-state index in [1.807, 2.05) is 0 Å². The number of hydrogen-bond donors (Lipinski definition) is 1. The Kier molecular flexibility index (Phi) is 2.58. The van der Waals surface area contributed by atoms with E-state index in [2.05, 4.69) is 13.8 Å². The van der Waals surface area contributed by atoms with Crippen LogP contribution in [0.15, 0.2) is 0 Å². The fourth-order valence-corrected chi connectivity index (χ4v) is 3.38. The van der Waals surface area contributed by atoms with Crippen LogP contribution >= 0.6 is 0 Å². The summed E-state index contributed by atoms with van der Waals surface area (Å²) in [6, 6.07) is 0. The molecule has 1 N–H and O–H groups in total. The number of nitrogens with one attached hydrogen (secondary N) is 1.